The van der Waals surface area contributed by atoms with Crippen molar-refractivity contribution >= 4 is 11.3 Å². The van der Waals surface area contributed by atoms with Gasteiger partial charge in [0.25, 0.3) is 0 Å². The van der Waals surface area contributed by atoms with Crippen LogP contribution in [0.25, 0.3) is 0 Å². The second kappa shape index (κ2) is 7.10. The van der Waals surface area contributed by atoms with Gasteiger partial charge in [0, 0.05) is 37.5 Å². The highest BCUT2D eigenvalue weighted by Crippen LogP contribution is 2.35. The van der Waals surface area contributed by atoms with E-state index in [1.807, 2.05) is 11.3 Å². The highest BCUT2D eigenvalue weighted by Gasteiger charge is 2.30. The van der Waals surface area contributed by atoms with Gasteiger partial charge in [-0.2, -0.15) is 0 Å². The van der Waals surface area contributed by atoms with Gasteiger partial charge < -0.3 is 4.74 Å². The van der Waals surface area contributed by atoms with E-state index in [9.17, 15) is 0 Å². The van der Waals surface area contributed by atoms with E-state index < -0.39 is 0 Å². The SMILES string of the molecule is CC1(C)Cc2cc(CN3CCCN(Cc4cccs4)CC3)ccc2O1. The third-order valence-corrected chi connectivity index (χ3v) is 6.04. The molecule has 3 heterocycles. The number of ether oxygens (including phenoxy) is 1. The minimum absolute atomic E-state index is 0.0497. The van der Waals surface area contributed by atoms with E-state index in [4.69, 9.17) is 4.74 Å². The summed E-state index contributed by atoms with van der Waals surface area (Å²) in [5.74, 6) is 1.08. The number of benzene rings is 1. The minimum atomic E-state index is -0.0497. The first-order chi connectivity index (χ1) is 12.1. The molecule has 0 aliphatic carbocycles. The van der Waals surface area contributed by atoms with E-state index in [1.165, 1.54) is 42.1 Å². The van der Waals surface area contributed by atoms with Crippen LogP contribution < -0.4 is 4.74 Å². The van der Waals surface area contributed by atoms with Crippen molar-refractivity contribution in [3.05, 3.63) is 51.7 Å². The molecule has 4 rings (SSSR count). The van der Waals surface area contributed by atoms with Crippen LogP contribution in [0.5, 0.6) is 5.75 Å². The van der Waals surface area contributed by atoms with Crippen molar-refractivity contribution in [3.63, 3.8) is 0 Å². The molecule has 0 saturated carbocycles. The topological polar surface area (TPSA) is 15.7 Å². The molecule has 0 spiro atoms. The smallest absolute Gasteiger partial charge is 0.123 e. The highest BCUT2D eigenvalue weighted by atomic mass is 32.1. The van der Waals surface area contributed by atoms with E-state index >= 15 is 0 Å². The standard InChI is InChI=1S/C21H28N2OS/c1-21(2)14-18-13-17(6-7-20(18)24-21)15-22-8-4-9-23(11-10-22)16-19-5-3-12-25-19/h3,5-7,12-13H,4,8-11,14-16H2,1-2H3. The number of thiophene rings is 1. The van der Waals surface area contributed by atoms with Gasteiger partial charge in [0.2, 0.25) is 0 Å². The van der Waals surface area contributed by atoms with E-state index in [2.05, 4.69) is 59.4 Å². The molecule has 0 N–H and O–H groups in total. The minimum Gasteiger partial charge on any atom is -0.487 e. The molecule has 25 heavy (non-hydrogen) atoms. The molecule has 1 saturated heterocycles. The number of hydrogen-bond donors (Lipinski definition) is 0. The van der Waals surface area contributed by atoms with Crippen LogP contribution >= 0.6 is 11.3 Å². The molecule has 0 atom stereocenters. The maximum Gasteiger partial charge on any atom is 0.123 e. The molecule has 1 fully saturated rings. The maximum atomic E-state index is 6.00. The van der Waals surface area contributed by atoms with Crippen LogP contribution in [0.1, 0.15) is 36.3 Å². The summed E-state index contributed by atoms with van der Waals surface area (Å²) in [7, 11) is 0. The quantitative estimate of drug-likeness (QED) is 0.818. The molecule has 0 amide bonds. The van der Waals surface area contributed by atoms with Gasteiger partial charge in [0.1, 0.15) is 11.4 Å². The molecule has 2 aliphatic rings. The Labute approximate surface area is 155 Å². The lowest BCUT2D eigenvalue weighted by Crippen LogP contribution is -2.30. The molecular formula is C21H28N2OS. The van der Waals surface area contributed by atoms with Crippen LogP contribution in [0.15, 0.2) is 35.7 Å². The molecular weight excluding hydrogens is 328 g/mol. The van der Waals surface area contributed by atoms with Crippen molar-refractivity contribution in [3.8, 4) is 5.75 Å². The zero-order chi connectivity index (χ0) is 17.3. The van der Waals surface area contributed by atoms with Gasteiger partial charge in [-0.1, -0.05) is 18.2 Å². The summed E-state index contributed by atoms with van der Waals surface area (Å²) in [6.07, 6.45) is 2.28. The molecule has 3 nitrogen and oxygen atoms in total. The monoisotopic (exact) mass is 356 g/mol. The van der Waals surface area contributed by atoms with Crippen LogP contribution in [0.2, 0.25) is 0 Å². The zero-order valence-electron chi connectivity index (χ0n) is 15.3. The third kappa shape index (κ3) is 4.25. The molecule has 2 aliphatic heterocycles. The molecule has 4 heteroatoms. The summed E-state index contributed by atoms with van der Waals surface area (Å²) in [6, 6.07) is 11.2. The number of hydrogen-bond acceptors (Lipinski definition) is 4. The summed E-state index contributed by atoms with van der Waals surface area (Å²) in [5, 5.41) is 2.18. The fraction of sp³-hybridized carbons (Fsp3) is 0.524. The van der Waals surface area contributed by atoms with Crippen molar-refractivity contribution < 1.29 is 4.74 Å². The van der Waals surface area contributed by atoms with Crippen molar-refractivity contribution in [2.75, 3.05) is 26.2 Å². The molecule has 0 radical (unpaired) electrons. The second-order valence-corrected chi connectivity index (χ2v) is 9.00. The summed E-state index contributed by atoms with van der Waals surface area (Å²) < 4.78 is 6.00. The molecule has 0 bridgehead atoms. The second-order valence-electron chi connectivity index (χ2n) is 7.97. The van der Waals surface area contributed by atoms with Gasteiger partial charge >= 0.3 is 0 Å². The first kappa shape index (κ1) is 17.1. The molecule has 134 valence electrons. The number of fused-ring (bicyclic) bond motifs is 1. The Morgan fingerprint density at radius 1 is 1.04 bits per heavy atom. The summed E-state index contributed by atoms with van der Waals surface area (Å²) >= 11 is 1.87. The summed E-state index contributed by atoms with van der Waals surface area (Å²) in [4.78, 5) is 6.69. The van der Waals surface area contributed by atoms with Crippen LogP contribution in [0.3, 0.4) is 0 Å². The maximum absolute atomic E-state index is 6.00. The van der Waals surface area contributed by atoms with Crippen LogP contribution in [0, 0.1) is 0 Å². The molecule has 1 aromatic carbocycles. The van der Waals surface area contributed by atoms with E-state index in [1.54, 1.807) is 0 Å². The average molecular weight is 357 g/mol. The Morgan fingerprint density at radius 3 is 2.60 bits per heavy atom. The van der Waals surface area contributed by atoms with Gasteiger partial charge in [0.15, 0.2) is 0 Å². The van der Waals surface area contributed by atoms with Gasteiger partial charge in [-0.15, -0.1) is 11.3 Å². The molecule has 2 aromatic rings. The normalized spacial score (nSPS) is 20.9. The van der Waals surface area contributed by atoms with Crippen LogP contribution in [-0.4, -0.2) is 41.6 Å². The van der Waals surface area contributed by atoms with Crippen molar-refractivity contribution in [2.45, 2.75) is 45.4 Å². The Morgan fingerprint density at radius 2 is 1.84 bits per heavy atom. The first-order valence-electron chi connectivity index (χ1n) is 9.35. The first-order valence-corrected chi connectivity index (χ1v) is 10.2. The van der Waals surface area contributed by atoms with E-state index in [-0.39, 0.29) is 5.60 Å². The Bertz CT molecular complexity index is 711. The van der Waals surface area contributed by atoms with Gasteiger partial charge in [0.05, 0.1) is 0 Å². The lowest BCUT2D eigenvalue weighted by Gasteiger charge is -2.21. The largest absolute Gasteiger partial charge is 0.487 e. The summed E-state index contributed by atoms with van der Waals surface area (Å²) in [6.45, 7) is 11.2. The predicted molar refractivity (Wildman–Crippen MR) is 104 cm³/mol. The number of rotatable bonds is 4. The average Bonchev–Trinajstić information content (AvgIpc) is 3.10. The van der Waals surface area contributed by atoms with Gasteiger partial charge in [-0.05, 0) is 62.0 Å². The van der Waals surface area contributed by atoms with Crippen molar-refractivity contribution in [1.29, 1.82) is 0 Å². The van der Waals surface area contributed by atoms with E-state index in [0.29, 0.717) is 0 Å². The fourth-order valence-corrected chi connectivity index (χ4v) is 4.73. The highest BCUT2D eigenvalue weighted by molar-refractivity contribution is 7.09. The van der Waals surface area contributed by atoms with Crippen molar-refractivity contribution in [2.24, 2.45) is 0 Å². The van der Waals surface area contributed by atoms with Gasteiger partial charge in [-0.25, -0.2) is 0 Å². The zero-order valence-corrected chi connectivity index (χ0v) is 16.1. The predicted octanol–water partition coefficient (Wildman–Crippen LogP) is 4.17. The number of nitrogens with zero attached hydrogens (tertiary/aromatic N) is 2. The molecule has 0 unspecified atom stereocenters. The Balaban J connectivity index is 1.34. The Hall–Kier alpha value is -1.36. The molecule has 1 aromatic heterocycles. The van der Waals surface area contributed by atoms with Crippen molar-refractivity contribution in [1.82, 2.24) is 9.80 Å². The summed E-state index contributed by atoms with van der Waals surface area (Å²) in [5.41, 5.74) is 2.75. The van der Waals surface area contributed by atoms with E-state index in [0.717, 1.165) is 31.8 Å². The van der Waals surface area contributed by atoms with Gasteiger partial charge in [-0.3, -0.25) is 9.80 Å². The Kier molecular flexibility index (Phi) is 4.85. The lowest BCUT2D eigenvalue weighted by atomic mass is 10.00. The van der Waals surface area contributed by atoms with Crippen LogP contribution in [-0.2, 0) is 19.5 Å². The van der Waals surface area contributed by atoms with Crippen LogP contribution in [0.4, 0.5) is 0 Å². The fourth-order valence-electron chi connectivity index (χ4n) is 3.98. The lowest BCUT2D eigenvalue weighted by molar-refractivity contribution is 0.138. The third-order valence-electron chi connectivity index (χ3n) is 5.17.